The maximum Gasteiger partial charge on any atom is 0.141 e. The first kappa shape index (κ1) is 13.8. The first-order chi connectivity index (χ1) is 8.81. The maximum absolute atomic E-state index is 4.77. The smallest absolute Gasteiger partial charge is 0.141 e. The Labute approximate surface area is 114 Å². The van der Waals surface area contributed by atoms with E-state index in [2.05, 4.69) is 24.1 Å². The van der Waals surface area contributed by atoms with Gasteiger partial charge in [0.15, 0.2) is 0 Å². The minimum absolute atomic E-state index is 0.518. The Bertz CT molecular complexity index is 375. The lowest BCUT2D eigenvalue weighted by atomic mass is 10.1. The Balaban J connectivity index is 2.04. The summed E-state index contributed by atoms with van der Waals surface area (Å²) >= 11 is 2.01. The second kappa shape index (κ2) is 7.10. The van der Waals surface area contributed by atoms with Crippen molar-refractivity contribution >= 4 is 11.8 Å². The minimum Gasteiger partial charge on any atom is -0.311 e. The fourth-order valence-electron chi connectivity index (χ4n) is 2.15. The average molecular weight is 265 g/mol. The van der Waals surface area contributed by atoms with Crippen molar-refractivity contribution in [1.82, 2.24) is 15.3 Å². The number of aryl methyl sites for hydroxylation is 1. The Kier molecular flexibility index (Phi) is 5.45. The van der Waals surface area contributed by atoms with Crippen LogP contribution in [0.15, 0.2) is 6.20 Å². The van der Waals surface area contributed by atoms with Gasteiger partial charge in [0.25, 0.3) is 0 Å². The van der Waals surface area contributed by atoms with Gasteiger partial charge in [0.1, 0.15) is 5.82 Å². The molecule has 18 heavy (non-hydrogen) atoms. The van der Waals surface area contributed by atoms with Crippen molar-refractivity contribution in [2.24, 2.45) is 0 Å². The Morgan fingerprint density at radius 3 is 3.06 bits per heavy atom. The summed E-state index contributed by atoms with van der Waals surface area (Å²) in [5.41, 5.74) is 2.36. The van der Waals surface area contributed by atoms with Crippen molar-refractivity contribution < 1.29 is 0 Å². The van der Waals surface area contributed by atoms with E-state index in [1.54, 1.807) is 0 Å². The summed E-state index contributed by atoms with van der Waals surface area (Å²) in [6, 6.07) is 0. The summed E-state index contributed by atoms with van der Waals surface area (Å²) in [5.74, 6) is 2.30. The molecule has 0 aliphatic carbocycles. The molecule has 1 aromatic heterocycles. The zero-order valence-corrected chi connectivity index (χ0v) is 12.2. The third-order valence-electron chi connectivity index (χ3n) is 3.28. The Morgan fingerprint density at radius 1 is 1.44 bits per heavy atom. The normalized spacial score (nSPS) is 20.0. The summed E-state index contributed by atoms with van der Waals surface area (Å²) in [7, 11) is 0. The summed E-state index contributed by atoms with van der Waals surface area (Å²) < 4.78 is 0. The molecular formula is C14H23N3S. The van der Waals surface area contributed by atoms with Crippen LogP contribution in [0.4, 0.5) is 0 Å². The van der Waals surface area contributed by atoms with Gasteiger partial charge in [-0.1, -0.05) is 13.3 Å². The minimum atomic E-state index is 0.518. The van der Waals surface area contributed by atoms with E-state index >= 15 is 0 Å². The van der Waals surface area contributed by atoms with Gasteiger partial charge in [-0.3, -0.25) is 0 Å². The van der Waals surface area contributed by atoms with Gasteiger partial charge in [0, 0.05) is 12.7 Å². The third kappa shape index (κ3) is 3.69. The summed E-state index contributed by atoms with van der Waals surface area (Å²) in [6.45, 7) is 6.20. The monoisotopic (exact) mass is 265 g/mol. The maximum atomic E-state index is 4.77. The highest BCUT2D eigenvalue weighted by atomic mass is 32.2. The lowest BCUT2D eigenvalue weighted by Gasteiger charge is -2.20. The highest BCUT2D eigenvalue weighted by Gasteiger charge is 2.19. The molecule has 2 heterocycles. The SMILES string of the molecule is CCCNCc1nc(C2CCCCS2)ncc1C. The van der Waals surface area contributed by atoms with Gasteiger partial charge in [0.2, 0.25) is 0 Å². The lowest BCUT2D eigenvalue weighted by molar-refractivity contribution is 0.635. The summed E-state index contributed by atoms with van der Waals surface area (Å²) in [6.07, 6.45) is 7.04. The van der Waals surface area contributed by atoms with Crippen LogP contribution in [-0.4, -0.2) is 22.3 Å². The van der Waals surface area contributed by atoms with E-state index in [-0.39, 0.29) is 0 Å². The molecule has 0 bridgehead atoms. The van der Waals surface area contributed by atoms with Gasteiger partial charge in [-0.2, -0.15) is 11.8 Å². The van der Waals surface area contributed by atoms with Crippen molar-refractivity contribution in [2.45, 2.75) is 51.3 Å². The predicted molar refractivity (Wildman–Crippen MR) is 77.8 cm³/mol. The standard InChI is InChI=1S/C14H23N3S/c1-3-7-15-10-12-11(2)9-16-14(17-12)13-6-4-5-8-18-13/h9,13,15H,3-8,10H2,1-2H3. The number of hydrogen-bond acceptors (Lipinski definition) is 4. The molecule has 0 saturated carbocycles. The van der Waals surface area contributed by atoms with Crippen molar-refractivity contribution in [3.05, 3.63) is 23.3 Å². The molecule has 4 heteroatoms. The second-order valence-corrected chi connectivity index (χ2v) is 6.20. The highest BCUT2D eigenvalue weighted by molar-refractivity contribution is 7.99. The molecule has 1 fully saturated rings. The van der Waals surface area contributed by atoms with Gasteiger partial charge < -0.3 is 5.32 Å². The molecule has 0 aromatic carbocycles. The average Bonchev–Trinajstić information content (AvgIpc) is 2.42. The van der Waals surface area contributed by atoms with Crippen molar-refractivity contribution in [3.8, 4) is 0 Å². The fraction of sp³-hybridized carbons (Fsp3) is 0.714. The van der Waals surface area contributed by atoms with E-state index in [4.69, 9.17) is 4.98 Å². The molecular weight excluding hydrogens is 242 g/mol. The predicted octanol–water partition coefficient (Wildman–Crippen LogP) is 3.24. The van der Waals surface area contributed by atoms with Crippen LogP contribution in [0.25, 0.3) is 0 Å². The van der Waals surface area contributed by atoms with E-state index in [1.165, 1.54) is 36.3 Å². The number of nitrogens with one attached hydrogen (secondary N) is 1. The van der Waals surface area contributed by atoms with Gasteiger partial charge in [-0.25, -0.2) is 9.97 Å². The van der Waals surface area contributed by atoms with Gasteiger partial charge in [-0.05, 0) is 44.0 Å². The van der Waals surface area contributed by atoms with Crippen LogP contribution in [-0.2, 0) is 6.54 Å². The number of rotatable bonds is 5. The van der Waals surface area contributed by atoms with E-state index < -0.39 is 0 Å². The van der Waals surface area contributed by atoms with Crippen LogP contribution >= 0.6 is 11.8 Å². The second-order valence-electron chi connectivity index (χ2n) is 4.89. The molecule has 1 unspecified atom stereocenters. The Hall–Kier alpha value is -0.610. The van der Waals surface area contributed by atoms with Crippen LogP contribution in [0.3, 0.4) is 0 Å². The largest absolute Gasteiger partial charge is 0.311 e. The van der Waals surface area contributed by atoms with Crippen LogP contribution < -0.4 is 5.32 Å². The van der Waals surface area contributed by atoms with Crippen molar-refractivity contribution in [1.29, 1.82) is 0 Å². The van der Waals surface area contributed by atoms with E-state index in [1.807, 2.05) is 18.0 Å². The number of thioether (sulfide) groups is 1. The van der Waals surface area contributed by atoms with Gasteiger partial charge in [0.05, 0.1) is 10.9 Å². The number of nitrogens with zero attached hydrogens (tertiary/aromatic N) is 2. The summed E-state index contributed by atoms with van der Waals surface area (Å²) in [5, 5.41) is 3.94. The molecule has 3 nitrogen and oxygen atoms in total. The molecule has 2 rings (SSSR count). The molecule has 100 valence electrons. The molecule has 1 aromatic rings. The molecule has 1 N–H and O–H groups in total. The fourth-order valence-corrected chi connectivity index (χ4v) is 3.41. The van der Waals surface area contributed by atoms with E-state index in [9.17, 15) is 0 Å². The van der Waals surface area contributed by atoms with Crippen LogP contribution in [0.2, 0.25) is 0 Å². The third-order valence-corrected chi connectivity index (χ3v) is 4.66. The van der Waals surface area contributed by atoms with Crippen LogP contribution in [0.1, 0.15) is 54.9 Å². The zero-order chi connectivity index (χ0) is 12.8. The molecule has 0 radical (unpaired) electrons. The van der Waals surface area contributed by atoms with Gasteiger partial charge >= 0.3 is 0 Å². The quantitative estimate of drug-likeness (QED) is 0.829. The number of hydrogen-bond donors (Lipinski definition) is 1. The molecule has 0 spiro atoms. The van der Waals surface area contributed by atoms with Crippen LogP contribution in [0.5, 0.6) is 0 Å². The first-order valence-electron chi connectivity index (χ1n) is 6.96. The number of aromatic nitrogens is 2. The molecule has 1 saturated heterocycles. The zero-order valence-electron chi connectivity index (χ0n) is 11.4. The summed E-state index contributed by atoms with van der Waals surface area (Å²) in [4.78, 5) is 9.30. The topological polar surface area (TPSA) is 37.8 Å². The molecule has 0 amide bonds. The van der Waals surface area contributed by atoms with Gasteiger partial charge in [-0.15, -0.1) is 0 Å². The van der Waals surface area contributed by atoms with Crippen molar-refractivity contribution in [2.75, 3.05) is 12.3 Å². The van der Waals surface area contributed by atoms with Crippen LogP contribution in [0, 0.1) is 6.92 Å². The lowest BCUT2D eigenvalue weighted by Crippen LogP contribution is -2.17. The van der Waals surface area contributed by atoms with E-state index in [0.717, 1.165) is 25.3 Å². The van der Waals surface area contributed by atoms with Crippen molar-refractivity contribution in [3.63, 3.8) is 0 Å². The highest BCUT2D eigenvalue weighted by Crippen LogP contribution is 2.36. The molecule has 1 atom stereocenters. The first-order valence-corrected chi connectivity index (χ1v) is 8.01. The molecule has 1 aliphatic rings. The molecule has 1 aliphatic heterocycles. The Morgan fingerprint density at radius 2 is 2.33 bits per heavy atom. The van der Waals surface area contributed by atoms with E-state index in [0.29, 0.717) is 5.25 Å².